The quantitative estimate of drug-likeness (QED) is 0.521. The second-order valence-corrected chi connectivity index (χ2v) is 2.72. The van der Waals surface area contributed by atoms with Gasteiger partial charge in [-0.05, 0) is 6.42 Å². The number of hydrogen-bond acceptors (Lipinski definition) is 2. The molecular formula is C7H16N2O2. The summed E-state index contributed by atoms with van der Waals surface area (Å²) in [5.41, 5.74) is 4.82. The number of nitrogens with two attached hydrogens (primary N) is 1. The second-order valence-electron chi connectivity index (χ2n) is 2.72. The minimum absolute atomic E-state index is 0.0625. The van der Waals surface area contributed by atoms with Gasteiger partial charge in [0.05, 0.1) is 0 Å². The van der Waals surface area contributed by atoms with Crippen molar-refractivity contribution in [2.24, 2.45) is 11.7 Å². The monoisotopic (exact) mass is 160 g/mol. The summed E-state index contributed by atoms with van der Waals surface area (Å²) in [6.45, 7) is 3.89. The molecule has 0 rings (SSSR count). The van der Waals surface area contributed by atoms with Crippen molar-refractivity contribution in [3.63, 3.8) is 0 Å². The number of urea groups is 1. The number of hydrogen-bond donors (Lipinski definition) is 3. The van der Waals surface area contributed by atoms with Gasteiger partial charge in [0.1, 0.15) is 6.23 Å². The van der Waals surface area contributed by atoms with Crippen molar-refractivity contribution in [1.82, 2.24) is 5.32 Å². The Morgan fingerprint density at radius 1 is 1.73 bits per heavy atom. The Balaban J connectivity index is 3.63. The van der Waals surface area contributed by atoms with E-state index in [0.717, 1.165) is 12.8 Å². The van der Waals surface area contributed by atoms with Crippen LogP contribution in [0.15, 0.2) is 0 Å². The molecule has 66 valence electrons. The first kappa shape index (κ1) is 10.2. The maximum absolute atomic E-state index is 10.3. The van der Waals surface area contributed by atoms with E-state index in [1.54, 1.807) is 0 Å². The molecule has 0 saturated carbocycles. The lowest BCUT2D eigenvalue weighted by Crippen LogP contribution is -2.42. The van der Waals surface area contributed by atoms with Gasteiger partial charge in [0.15, 0.2) is 0 Å². The molecule has 0 aliphatic rings. The van der Waals surface area contributed by atoms with Gasteiger partial charge >= 0.3 is 6.03 Å². The molecule has 0 aliphatic heterocycles. The van der Waals surface area contributed by atoms with Crippen molar-refractivity contribution in [1.29, 1.82) is 0 Å². The van der Waals surface area contributed by atoms with Crippen molar-refractivity contribution in [3.05, 3.63) is 0 Å². The molecule has 0 aromatic rings. The molecule has 2 atom stereocenters. The van der Waals surface area contributed by atoms with E-state index in [-0.39, 0.29) is 5.92 Å². The Hall–Kier alpha value is -0.770. The first-order valence-electron chi connectivity index (χ1n) is 3.82. The summed E-state index contributed by atoms with van der Waals surface area (Å²) >= 11 is 0. The molecule has 4 heteroatoms. The summed E-state index contributed by atoms with van der Waals surface area (Å²) in [6, 6.07) is -0.680. The lowest BCUT2D eigenvalue weighted by atomic mass is 10.0. The van der Waals surface area contributed by atoms with Crippen LogP contribution < -0.4 is 11.1 Å². The average molecular weight is 160 g/mol. The van der Waals surface area contributed by atoms with Crippen LogP contribution in [-0.2, 0) is 0 Å². The minimum atomic E-state index is -0.813. The summed E-state index contributed by atoms with van der Waals surface area (Å²) in [7, 11) is 0. The van der Waals surface area contributed by atoms with Crippen LogP contribution in [0, 0.1) is 5.92 Å². The van der Waals surface area contributed by atoms with Gasteiger partial charge in [0, 0.05) is 5.92 Å². The van der Waals surface area contributed by atoms with Crippen LogP contribution in [0.3, 0.4) is 0 Å². The fourth-order valence-electron chi connectivity index (χ4n) is 0.901. The van der Waals surface area contributed by atoms with Gasteiger partial charge in [-0.1, -0.05) is 20.3 Å². The SMILES string of the molecule is CCCC(C)C(O)NC(N)=O. The molecule has 0 heterocycles. The van der Waals surface area contributed by atoms with Gasteiger partial charge in [0.25, 0.3) is 0 Å². The molecule has 0 saturated heterocycles. The summed E-state index contributed by atoms with van der Waals surface area (Å²) in [4.78, 5) is 10.3. The number of nitrogens with one attached hydrogen (secondary N) is 1. The maximum Gasteiger partial charge on any atom is 0.314 e. The standard InChI is InChI=1S/C7H16N2O2/c1-3-4-5(2)6(10)9-7(8)11/h5-6,10H,3-4H2,1-2H3,(H3,8,9,11). The highest BCUT2D eigenvalue weighted by Gasteiger charge is 2.13. The molecule has 0 radical (unpaired) electrons. The van der Waals surface area contributed by atoms with Gasteiger partial charge < -0.3 is 16.2 Å². The molecule has 11 heavy (non-hydrogen) atoms. The molecule has 0 aromatic heterocycles. The first-order chi connectivity index (χ1) is 5.07. The average Bonchev–Trinajstić information content (AvgIpc) is 1.86. The molecule has 0 aromatic carbocycles. The van der Waals surface area contributed by atoms with Crippen molar-refractivity contribution < 1.29 is 9.90 Å². The minimum Gasteiger partial charge on any atom is -0.373 e. The van der Waals surface area contributed by atoms with E-state index in [2.05, 4.69) is 5.32 Å². The molecular weight excluding hydrogens is 144 g/mol. The third kappa shape index (κ3) is 4.61. The molecule has 4 N–H and O–H groups in total. The summed E-state index contributed by atoms with van der Waals surface area (Å²) in [5, 5.41) is 11.4. The van der Waals surface area contributed by atoms with Crippen molar-refractivity contribution >= 4 is 6.03 Å². The fourth-order valence-corrected chi connectivity index (χ4v) is 0.901. The molecule has 2 amide bonds. The predicted molar refractivity (Wildman–Crippen MR) is 42.8 cm³/mol. The summed E-state index contributed by atoms with van der Waals surface area (Å²) in [6.07, 6.45) is 1.05. The highest BCUT2D eigenvalue weighted by molar-refractivity contribution is 5.71. The van der Waals surface area contributed by atoms with Crippen LogP contribution in [0.25, 0.3) is 0 Å². The normalized spacial score (nSPS) is 15.5. The van der Waals surface area contributed by atoms with Gasteiger partial charge in [0.2, 0.25) is 0 Å². The maximum atomic E-state index is 10.3. The lowest BCUT2D eigenvalue weighted by Gasteiger charge is -2.17. The van der Waals surface area contributed by atoms with E-state index in [1.807, 2.05) is 13.8 Å². The largest absolute Gasteiger partial charge is 0.373 e. The van der Waals surface area contributed by atoms with Crippen LogP contribution in [0.2, 0.25) is 0 Å². The van der Waals surface area contributed by atoms with Crippen LogP contribution in [0.4, 0.5) is 4.79 Å². The Bertz CT molecular complexity index is 128. The molecule has 2 unspecified atom stereocenters. The highest BCUT2D eigenvalue weighted by atomic mass is 16.3. The first-order valence-corrected chi connectivity index (χ1v) is 3.82. The van der Waals surface area contributed by atoms with E-state index in [9.17, 15) is 9.90 Å². The molecule has 0 fully saturated rings. The molecule has 0 bridgehead atoms. The third-order valence-corrected chi connectivity index (χ3v) is 1.57. The number of aliphatic hydroxyl groups excluding tert-OH is 1. The predicted octanol–water partition coefficient (Wildman–Crippen LogP) is 0.409. The van der Waals surface area contributed by atoms with Crippen LogP contribution in [0.5, 0.6) is 0 Å². The Kier molecular flexibility index (Phi) is 4.61. The summed E-state index contributed by atoms with van der Waals surface area (Å²) < 4.78 is 0. The van der Waals surface area contributed by atoms with E-state index in [1.165, 1.54) is 0 Å². The topological polar surface area (TPSA) is 75.3 Å². The molecule has 4 nitrogen and oxygen atoms in total. The van der Waals surface area contributed by atoms with Crippen molar-refractivity contribution in [3.8, 4) is 0 Å². The van der Waals surface area contributed by atoms with E-state index >= 15 is 0 Å². The van der Waals surface area contributed by atoms with Gasteiger partial charge in [-0.3, -0.25) is 0 Å². The molecule has 0 spiro atoms. The Labute approximate surface area is 66.8 Å². The van der Waals surface area contributed by atoms with Crippen LogP contribution >= 0.6 is 0 Å². The van der Waals surface area contributed by atoms with Gasteiger partial charge in [-0.25, -0.2) is 4.79 Å². The number of aliphatic hydroxyl groups is 1. The Morgan fingerprint density at radius 3 is 2.64 bits per heavy atom. The van der Waals surface area contributed by atoms with Crippen molar-refractivity contribution in [2.75, 3.05) is 0 Å². The molecule has 0 aliphatic carbocycles. The number of carbonyl (C=O) groups is 1. The third-order valence-electron chi connectivity index (χ3n) is 1.57. The van der Waals surface area contributed by atoms with E-state index in [0.29, 0.717) is 0 Å². The zero-order valence-electron chi connectivity index (χ0n) is 7.00. The second kappa shape index (κ2) is 4.96. The number of rotatable bonds is 4. The zero-order valence-corrected chi connectivity index (χ0v) is 7.00. The van der Waals surface area contributed by atoms with Crippen LogP contribution in [-0.4, -0.2) is 17.4 Å². The Morgan fingerprint density at radius 2 is 2.27 bits per heavy atom. The van der Waals surface area contributed by atoms with Gasteiger partial charge in [-0.2, -0.15) is 0 Å². The number of amides is 2. The smallest absolute Gasteiger partial charge is 0.314 e. The highest BCUT2D eigenvalue weighted by Crippen LogP contribution is 2.07. The van der Waals surface area contributed by atoms with Crippen LogP contribution in [0.1, 0.15) is 26.7 Å². The summed E-state index contributed by atoms with van der Waals surface area (Å²) in [5.74, 6) is 0.0625. The number of primary amides is 1. The number of carbonyl (C=O) groups excluding carboxylic acids is 1. The van der Waals surface area contributed by atoms with Crippen molar-refractivity contribution in [2.45, 2.75) is 32.9 Å². The zero-order chi connectivity index (χ0) is 8.85. The lowest BCUT2D eigenvalue weighted by molar-refractivity contribution is 0.0880. The van der Waals surface area contributed by atoms with E-state index < -0.39 is 12.3 Å². The van der Waals surface area contributed by atoms with E-state index in [4.69, 9.17) is 5.73 Å². The fraction of sp³-hybridized carbons (Fsp3) is 0.857. The van der Waals surface area contributed by atoms with Gasteiger partial charge in [-0.15, -0.1) is 0 Å².